The van der Waals surface area contributed by atoms with E-state index < -0.39 is 12.0 Å². The number of allylic oxidation sites excluding steroid dienone is 4. The number of carboxylic acids is 1. The van der Waals surface area contributed by atoms with Crippen LogP contribution in [-0.4, -0.2) is 17.1 Å². The maximum atomic E-state index is 10.4. The van der Waals surface area contributed by atoms with Crippen molar-refractivity contribution in [1.82, 2.24) is 0 Å². The summed E-state index contributed by atoms with van der Waals surface area (Å²) in [7, 11) is 0. The van der Waals surface area contributed by atoms with Gasteiger partial charge in [-0.3, -0.25) is 4.79 Å². The summed E-state index contributed by atoms with van der Waals surface area (Å²) < 4.78 is 0. The van der Waals surface area contributed by atoms with Crippen molar-refractivity contribution in [2.75, 3.05) is 0 Å². The smallest absolute Gasteiger partial charge is 0.320 e. The number of carboxylic acid groups (broad SMARTS) is 1. The Morgan fingerprint density at radius 2 is 2.42 bits per heavy atom. The maximum Gasteiger partial charge on any atom is 0.320 e. The fourth-order valence-electron chi connectivity index (χ4n) is 1.23. The minimum atomic E-state index is -0.919. The van der Waals surface area contributed by atoms with Crippen LogP contribution in [0.15, 0.2) is 24.3 Å². The predicted octanol–water partition coefficient (Wildman–Crippen LogP) is 0.921. The Kier molecular flexibility index (Phi) is 3.05. The second kappa shape index (κ2) is 4.07. The summed E-state index contributed by atoms with van der Waals surface area (Å²) in [4.78, 5) is 10.4. The van der Waals surface area contributed by atoms with Gasteiger partial charge < -0.3 is 10.8 Å². The van der Waals surface area contributed by atoms with Gasteiger partial charge in [0.2, 0.25) is 0 Å². The van der Waals surface area contributed by atoms with E-state index in [2.05, 4.69) is 0 Å². The normalized spacial score (nSPS) is 23.9. The van der Waals surface area contributed by atoms with E-state index >= 15 is 0 Å². The first kappa shape index (κ1) is 9.00. The molecule has 0 bridgehead atoms. The van der Waals surface area contributed by atoms with E-state index in [1.165, 1.54) is 0 Å². The molecule has 1 aliphatic carbocycles. The molecule has 0 spiro atoms. The summed E-state index contributed by atoms with van der Waals surface area (Å²) in [6, 6.07) is -0.730. The SMILES string of the molecule is N[C@H](C[C@@H]1C=CC=CC1)C(=O)O. The second-order valence-corrected chi connectivity index (χ2v) is 2.99. The van der Waals surface area contributed by atoms with Crippen LogP contribution in [0, 0.1) is 5.92 Å². The quantitative estimate of drug-likeness (QED) is 0.657. The molecule has 3 N–H and O–H groups in total. The highest BCUT2D eigenvalue weighted by atomic mass is 16.4. The van der Waals surface area contributed by atoms with Crippen LogP contribution < -0.4 is 5.73 Å². The summed E-state index contributed by atoms with van der Waals surface area (Å²) in [5, 5.41) is 8.55. The van der Waals surface area contributed by atoms with Crippen LogP contribution in [0.2, 0.25) is 0 Å². The zero-order valence-corrected chi connectivity index (χ0v) is 6.81. The number of rotatable bonds is 3. The van der Waals surface area contributed by atoms with Crippen LogP contribution >= 0.6 is 0 Å². The number of hydrogen-bond donors (Lipinski definition) is 2. The van der Waals surface area contributed by atoms with E-state index in [9.17, 15) is 4.79 Å². The summed E-state index contributed by atoms with van der Waals surface area (Å²) in [6.07, 6.45) is 9.35. The molecule has 0 aromatic heterocycles. The van der Waals surface area contributed by atoms with Crippen molar-refractivity contribution in [3.05, 3.63) is 24.3 Å². The lowest BCUT2D eigenvalue weighted by Crippen LogP contribution is -2.32. The molecule has 12 heavy (non-hydrogen) atoms. The zero-order valence-electron chi connectivity index (χ0n) is 6.81. The van der Waals surface area contributed by atoms with E-state index in [0.29, 0.717) is 12.3 Å². The number of carbonyl (C=O) groups is 1. The summed E-state index contributed by atoms with van der Waals surface area (Å²) in [6.45, 7) is 0. The van der Waals surface area contributed by atoms with Gasteiger partial charge in [-0.15, -0.1) is 0 Å². The largest absolute Gasteiger partial charge is 0.480 e. The molecular weight excluding hydrogens is 154 g/mol. The molecule has 0 radical (unpaired) electrons. The lowest BCUT2D eigenvalue weighted by Gasteiger charge is -2.14. The Morgan fingerprint density at radius 1 is 1.67 bits per heavy atom. The second-order valence-electron chi connectivity index (χ2n) is 2.99. The third-order valence-corrected chi connectivity index (χ3v) is 1.94. The topological polar surface area (TPSA) is 63.3 Å². The van der Waals surface area contributed by atoms with E-state index in [1.54, 1.807) is 0 Å². The van der Waals surface area contributed by atoms with Crippen molar-refractivity contribution in [3.63, 3.8) is 0 Å². The third-order valence-electron chi connectivity index (χ3n) is 1.94. The highest BCUT2D eigenvalue weighted by Gasteiger charge is 2.16. The highest BCUT2D eigenvalue weighted by Crippen LogP contribution is 2.16. The zero-order chi connectivity index (χ0) is 8.97. The molecule has 0 amide bonds. The van der Waals surface area contributed by atoms with E-state index in [0.717, 1.165) is 6.42 Å². The van der Waals surface area contributed by atoms with Gasteiger partial charge in [0.25, 0.3) is 0 Å². The van der Waals surface area contributed by atoms with E-state index in [1.807, 2.05) is 24.3 Å². The maximum absolute atomic E-state index is 10.4. The predicted molar refractivity (Wildman–Crippen MR) is 46.6 cm³/mol. The molecule has 1 rings (SSSR count). The molecule has 3 nitrogen and oxygen atoms in total. The average molecular weight is 167 g/mol. The third kappa shape index (κ3) is 2.51. The number of nitrogens with two attached hydrogens (primary N) is 1. The fourth-order valence-corrected chi connectivity index (χ4v) is 1.23. The monoisotopic (exact) mass is 167 g/mol. The van der Waals surface area contributed by atoms with E-state index in [-0.39, 0.29) is 0 Å². The van der Waals surface area contributed by atoms with Crippen molar-refractivity contribution in [2.24, 2.45) is 11.7 Å². The fraction of sp³-hybridized carbons (Fsp3) is 0.444. The van der Waals surface area contributed by atoms with Gasteiger partial charge in [-0.25, -0.2) is 0 Å². The van der Waals surface area contributed by atoms with Crippen molar-refractivity contribution in [2.45, 2.75) is 18.9 Å². The molecule has 0 aliphatic heterocycles. The Bertz CT molecular complexity index is 221. The Labute approximate surface area is 71.6 Å². The van der Waals surface area contributed by atoms with Gasteiger partial charge >= 0.3 is 5.97 Å². The molecule has 3 heteroatoms. The van der Waals surface area contributed by atoms with Crippen LogP contribution in [0.1, 0.15) is 12.8 Å². The molecule has 0 saturated heterocycles. The van der Waals surface area contributed by atoms with Crippen LogP contribution in [0.4, 0.5) is 0 Å². The van der Waals surface area contributed by atoms with Crippen molar-refractivity contribution in [3.8, 4) is 0 Å². The van der Waals surface area contributed by atoms with Crippen LogP contribution in [0.5, 0.6) is 0 Å². The molecule has 0 aromatic carbocycles. The standard InChI is InChI=1S/C9H13NO2/c10-8(9(11)12)6-7-4-2-1-3-5-7/h1-4,7-8H,5-6,10H2,(H,11,12)/t7-,8-/m1/s1. The molecule has 2 atom stereocenters. The Morgan fingerprint density at radius 3 is 2.92 bits per heavy atom. The molecule has 0 unspecified atom stereocenters. The van der Waals surface area contributed by atoms with E-state index in [4.69, 9.17) is 10.8 Å². The molecule has 66 valence electrons. The first-order valence-corrected chi connectivity index (χ1v) is 4.02. The lowest BCUT2D eigenvalue weighted by atomic mass is 9.94. The van der Waals surface area contributed by atoms with Gasteiger partial charge in [0.15, 0.2) is 0 Å². The Balaban J connectivity index is 2.36. The van der Waals surface area contributed by atoms with Crippen LogP contribution in [0.3, 0.4) is 0 Å². The molecule has 0 aromatic rings. The van der Waals surface area contributed by atoms with Crippen molar-refractivity contribution < 1.29 is 9.90 Å². The Hall–Kier alpha value is -1.09. The minimum Gasteiger partial charge on any atom is -0.480 e. The van der Waals surface area contributed by atoms with Gasteiger partial charge in [0.1, 0.15) is 6.04 Å². The molecule has 0 heterocycles. The first-order chi connectivity index (χ1) is 5.70. The minimum absolute atomic E-state index is 0.293. The van der Waals surface area contributed by atoms with Crippen molar-refractivity contribution >= 4 is 5.97 Å². The van der Waals surface area contributed by atoms with Gasteiger partial charge in [-0.1, -0.05) is 24.3 Å². The molecule has 0 saturated carbocycles. The van der Waals surface area contributed by atoms with Crippen molar-refractivity contribution in [1.29, 1.82) is 0 Å². The summed E-state index contributed by atoms with van der Waals surface area (Å²) >= 11 is 0. The summed E-state index contributed by atoms with van der Waals surface area (Å²) in [5.41, 5.74) is 5.39. The van der Waals surface area contributed by atoms with Crippen LogP contribution in [-0.2, 0) is 4.79 Å². The molecule has 1 aliphatic rings. The lowest BCUT2D eigenvalue weighted by molar-refractivity contribution is -0.138. The average Bonchev–Trinajstić information content (AvgIpc) is 2.06. The van der Waals surface area contributed by atoms with Gasteiger partial charge in [-0.05, 0) is 18.8 Å². The van der Waals surface area contributed by atoms with Gasteiger partial charge in [0, 0.05) is 0 Å². The number of aliphatic carboxylic acids is 1. The van der Waals surface area contributed by atoms with Crippen LogP contribution in [0.25, 0.3) is 0 Å². The molecule has 0 fully saturated rings. The summed E-state index contributed by atoms with van der Waals surface area (Å²) in [5.74, 6) is -0.626. The molecular formula is C9H13NO2. The number of hydrogen-bond acceptors (Lipinski definition) is 2. The van der Waals surface area contributed by atoms with Gasteiger partial charge in [-0.2, -0.15) is 0 Å². The first-order valence-electron chi connectivity index (χ1n) is 4.02. The highest BCUT2D eigenvalue weighted by molar-refractivity contribution is 5.73. The van der Waals surface area contributed by atoms with Gasteiger partial charge in [0.05, 0.1) is 0 Å².